The lowest BCUT2D eigenvalue weighted by molar-refractivity contribution is -0.137. The number of halogens is 3. The van der Waals surface area contributed by atoms with E-state index in [1.807, 2.05) is 12.1 Å². The molecule has 2 heterocycles. The van der Waals surface area contributed by atoms with Crippen LogP contribution in [0.3, 0.4) is 0 Å². The third-order valence-corrected chi connectivity index (χ3v) is 5.85. The van der Waals surface area contributed by atoms with E-state index in [1.54, 1.807) is 24.5 Å². The molecule has 0 bridgehead atoms. The number of rotatable bonds is 5. The van der Waals surface area contributed by atoms with Crippen molar-refractivity contribution >= 4 is 11.4 Å². The number of anilines is 2. The van der Waals surface area contributed by atoms with Crippen LogP contribution in [0.4, 0.5) is 24.5 Å². The first-order valence-electron chi connectivity index (χ1n) is 10.5. The first kappa shape index (κ1) is 21.4. The van der Waals surface area contributed by atoms with E-state index in [4.69, 9.17) is 0 Å². The molecule has 0 aliphatic carbocycles. The van der Waals surface area contributed by atoms with E-state index in [2.05, 4.69) is 46.0 Å². The fraction of sp³-hybridized carbons (Fsp3) is 0.320. The normalized spacial score (nSPS) is 15.7. The van der Waals surface area contributed by atoms with Gasteiger partial charge < -0.3 is 4.90 Å². The molecule has 4 rings (SSSR count). The molecule has 0 saturated carbocycles. The van der Waals surface area contributed by atoms with Gasteiger partial charge in [0.15, 0.2) is 0 Å². The lowest BCUT2D eigenvalue weighted by Crippen LogP contribution is -2.43. The molecule has 3 aromatic rings. The zero-order valence-corrected chi connectivity index (χ0v) is 17.5. The number of benzene rings is 2. The molecule has 0 spiro atoms. The number of aryl methyl sites for hydroxylation is 1. The Balaban J connectivity index is 1.50. The number of piperidine rings is 1. The highest BCUT2D eigenvalue weighted by atomic mass is 19.4. The summed E-state index contributed by atoms with van der Waals surface area (Å²) in [6.07, 6.45) is 1.01. The SMILES string of the molecule is Cc1ccc(CN2CCC(N(c3ccc(C(F)(F)F)cc3)c3cccnc3)CC2)cc1. The standard InChI is InChI=1S/C25H26F3N3/c1-19-4-6-20(7-5-19)18-30-15-12-23(13-16-30)31(24-3-2-14-29-17-24)22-10-8-21(9-11-22)25(26,27)28/h2-11,14,17,23H,12-13,15-16,18H2,1H3. The average Bonchev–Trinajstić information content (AvgIpc) is 2.77. The van der Waals surface area contributed by atoms with Gasteiger partial charge in [-0.3, -0.25) is 9.88 Å². The summed E-state index contributed by atoms with van der Waals surface area (Å²) in [5.74, 6) is 0. The molecule has 3 nitrogen and oxygen atoms in total. The molecule has 0 radical (unpaired) electrons. The van der Waals surface area contributed by atoms with Crippen molar-refractivity contribution in [1.29, 1.82) is 0 Å². The number of hydrogen-bond donors (Lipinski definition) is 0. The average molecular weight is 425 g/mol. The fourth-order valence-electron chi connectivity index (χ4n) is 4.17. The first-order chi connectivity index (χ1) is 14.9. The molecule has 1 fully saturated rings. The van der Waals surface area contributed by atoms with Crippen LogP contribution in [-0.4, -0.2) is 29.0 Å². The van der Waals surface area contributed by atoms with Crippen LogP contribution in [0.15, 0.2) is 73.1 Å². The van der Waals surface area contributed by atoms with E-state index in [0.29, 0.717) is 0 Å². The molecule has 2 aromatic carbocycles. The van der Waals surface area contributed by atoms with Crippen LogP contribution in [0.2, 0.25) is 0 Å². The van der Waals surface area contributed by atoms with Gasteiger partial charge in [0.25, 0.3) is 0 Å². The molecule has 1 aliphatic heterocycles. The molecule has 1 aromatic heterocycles. The maximum Gasteiger partial charge on any atom is 0.416 e. The Morgan fingerprint density at radius 1 is 0.935 bits per heavy atom. The van der Waals surface area contributed by atoms with Gasteiger partial charge >= 0.3 is 6.18 Å². The van der Waals surface area contributed by atoms with Gasteiger partial charge in [-0.25, -0.2) is 0 Å². The lowest BCUT2D eigenvalue weighted by Gasteiger charge is -2.40. The Kier molecular flexibility index (Phi) is 6.28. The third kappa shape index (κ3) is 5.25. The molecule has 162 valence electrons. The van der Waals surface area contributed by atoms with Gasteiger partial charge in [0, 0.05) is 37.6 Å². The third-order valence-electron chi connectivity index (χ3n) is 5.85. The Hall–Kier alpha value is -2.86. The number of pyridine rings is 1. The van der Waals surface area contributed by atoms with Crippen LogP contribution >= 0.6 is 0 Å². The second-order valence-electron chi connectivity index (χ2n) is 8.12. The number of alkyl halides is 3. The highest BCUT2D eigenvalue weighted by molar-refractivity contribution is 5.63. The predicted molar refractivity (Wildman–Crippen MR) is 117 cm³/mol. The van der Waals surface area contributed by atoms with Gasteiger partial charge in [-0.1, -0.05) is 29.8 Å². The minimum Gasteiger partial charge on any atom is -0.337 e. The summed E-state index contributed by atoms with van der Waals surface area (Å²) in [6.45, 7) is 4.88. The minimum absolute atomic E-state index is 0.204. The van der Waals surface area contributed by atoms with Crippen molar-refractivity contribution < 1.29 is 13.2 Å². The largest absolute Gasteiger partial charge is 0.416 e. The Labute approximate surface area is 181 Å². The molecule has 0 unspecified atom stereocenters. The Morgan fingerprint density at radius 3 is 2.19 bits per heavy atom. The highest BCUT2D eigenvalue weighted by Gasteiger charge is 2.31. The van der Waals surface area contributed by atoms with E-state index in [1.165, 1.54) is 11.1 Å². The smallest absolute Gasteiger partial charge is 0.337 e. The number of aromatic nitrogens is 1. The van der Waals surface area contributed by atoms with E-state index in [-0.39, 0.29) is 6.04 Å². The van der Waals surface area contributed by atoms with Crippen molar-refractivity contribution in [2.45, 2.75) is 38.5 Å². The Bertz CT molecular complexity index is 962. The maximum absolute atomic E-state index is 13.0. The molecular formula is C25H26F3N3. The van der Waals surface area contributed by atoms with Crippen molar-refractivity contribution in [3.63, 3.8) is 0 Å². The lowest BCUT2D eigenvalue weighted by atomic mass is 10.0. The quantitative estimate of drug-likeness (QED) is 0.484. The summed E-state index contributed by atoms with van der Waals surface area (Å²) in [4.78, 5) is 8.80. The molecule has 1 aliphatic rings. The molecular weight excluding hydrogens is 399 g/mol. The summed E-state index contributed by atoms with van der Waals surface area (Å²) >= 11 is 0. The summed E-state index contributed by atoms with van der Waals surface area (Å²) in [5.41, 5.74) is 3.59. The Morgan fingerprint density at radius 2 is 1.61 bits per heavy atom. The van der Waals surface area contributed by atoms with Crippen LogP contribution in [0.5, 0.6) is 0 Å². The van der Waals surface area contributed by atoms with Crippen LogP contribution in [-0.2, 0) is 12.7 Å². The van der Waals surface area contributed by atoms with E-state index >= 15 is 0 Å². The van der Waals surface area contributed by atoms with Gasteiger partial charge in [-0.15, -0.1) is 0 Å². The zero-order chi connectivity index (χ0) is 21.8. The van der Waals surface area contributed by atoms with Crippen molar-refractivity contribution in [2.75, 3.05) is 18.0 Å². The van der Waals surface area contributed by atoms with Crippen molar-refractivity contribution in [2.24, 2.45) is 0 Å². The summed E-state index contributed by atoms with van der Waals surface area (Å²) in [6, 6.07) is 18.1. The van der Waals surface area contributed by atoms with E-state index < -0.39 is 11.7 Å². The predicted octanol–water partition coefficient (Wildman–Crippen LogP) is 6.21. The first-order valence-corrected chi connectivity index (χ1v) is 10.5. The summed E-state index contributed by atoms with van der Waals surface area (Å²) in [7, 11) is 0. The van der Waals surface area contributed by atoms with Gasteiger partial charge in [-0.2, -0.15) is 13.2 Å². The van der Waals surface area contributed by atoms with Crippen LogP contribution in [0.1, 0.15) is 29.5 Å². The van der Waals surface area contributed by atoms with Gasteiger partial charge in [0.2, 0.25) is 0 Å². The minimum atomic E-state index is -4.33. The monoisotopic (exact) mass is 425 g/mol. The molecule has 1 saturated heterocycles. The number of nitrogens with zero attached hydrogens (tertiary/aromatic N) is 3. The van der Waals surface area contributed by atoms with Crippen molar-refractivity contribution in [3.05, 3.63) is 89.7 Å². The fourth-order valence-corrected chi connectivity index (χ4v) is 4.17. The zero-order valence-electron chi connectivity index (χ0n) is 17.5. The van der Waals surface area contributed by atoms with Gasteiger partial charge in [-0.05, 0) is 61.7 Å². The second-order valence-corrected chi connectivity index (χ2v) is 8.12. The molecule has 0 atom stereocenters. The molecule has 6 heteroatoms. The number of hydrogen-bond acceptors (Lipinski definition) is 3. The van der Waals surface area contributed by atoms with E-state index in [0.717, 1.165) is 56.0 Å². The topological polar surface area (TPSA) is 19.4 Å². The van der Waals surface area contributed by atoms with Gasteiger partial charge in [0.1, 0.15) is 0 Å². The van der Waals surface area contributed by atoms with Crippen molar-refractivity contribution in [1.82, 2.24) is 9.88 Å². The second kappa shape index (κ2) is 9.10. The molecule has 31 heavy (non-hydrogen) atoms. The summed E-state index contributed by atoms with van der Waals surface area (Å²) < 4.78 is 39.0. The highest BCUT2D eigenvalue weighted by Crippen LogP contribution is 2.35. The van der Waals surface area contributed by atoms with Crippen LogP contribution in [0, 0.1) is 6.92 Å². The maximum atomic E-state index is 13.0. The van der Waals surface area contributed by atoms with Gasteiger partial charge in [0.05, 0.1) is 17.4 Å². The number of likely N-dealkylation sites (tertiary alicyclic amines) is 1. The van der Waals surface area contributed by atoms with Crippen LogP contribution in [0.25, 0.3) is 0 Å². The molecule has 0 N–H and O–H groups in total. The van der Waals surface area contributed by atoms with Crippen molar-refractivity contribution in [3.8, 4) is 0 Å². The molecule has 0 amide bonds. The van der Waals surface area contributed by atoms with Crippen LogP contribution < -0.4 is 4.90 Å². The van der Waals surface area contributed by atoms with E-state index in [9.17, 15) is 13.2 Å². The summed E-state index contributed by atoms with van der Waals surface area (Å²) in [5, 5.41) is 0.